The number of fused-ring (bicyclic) bond motifs is 1. The van der Waals surface area contributed by atoms with Gasteiger partial charge in [0.05, 0.1) is 12.0 Å². The summed E-state index contributed by atoms with van der Waals surface area (Å²) in [5.74, 6) is 0.379. The third kappa shape index (κ3) is 2.25. The molecule has 1 amide bonds. The second kappa shape index (κ2) is 4.73. The van der Waals surface area contributed by atoms with Crippen LogP contribution >= 0.6 is 22.6 Å². The zero-order valence-corrected chi connectivity index (χ0v) is 11.1. The largest absolute Gasteiger partial charge is 0.449 e. The summed E-state index contributed by atoms with van der Waals surface area (Å²) >= 11 is 2.10. The van der Waals surface area contributed by atoms with E-state index in [0.29, 0.717) is 23.5 Å². The molecule has 0 unspecified atom stereocenters. The number of nitrogens with zero attached hydrogens (tertiary/aromatic N) is 3. The van der Waals surface area contributed by atoms with Crippen LogP contribution in [0, 0.1) is 3.57 Å². The summed E-state index contributed by atoms with van der Waals surface area (Å²) < 4.78 is 7.11. The summed E-state index contributed by atoms with van der Waals surface area (Å²) in [7, 11) is 0. The number of aromatic nitrogens is 3. The molecule has 7 nitrogen and oxygen atoms in total. The van der Waals surface area contributed by atoms with Gasteiger partial charge < -0.3 is 10.5 Å². The van der Waals surface area contributed by atoms with Gasteiger partial charge in [-0.05, 0) is 29.5 Å². The van der Waals surface area contributed by atoms with Gasteiger partial charge in [0.2, 0.25) is 0 Å². The smallest absolute Gasteiger partial charge is 0.426 e. The molecule has 2 aromatic rings. The number of nitrogens with two attached hydrogens (primary N) is 1. The normalized spacial score (nSPS) is 10.5. The molecule has 2 heterocycles. The predicted octanol–water partition coefficient (Wildman–Crippen LogP) is 1.32. The molecule has 0 radical (unpaired) electrons. The van der Waals surface area contributed by atoms with E-state index in [0.717, 1.165) is 3.57 Å². The topological polar surface area (TPSA) is 95.1 Å². The second-order valence-corrected chi connectivity index (χ2v) is 4.30. The van der Waals surface area contributed by atoms with Crippen molar-refractivity contribution in [3.05, 3.63) is 16.1 Å². The molecule has 0 saturated heterocycles. The first kappa shape index (κ1) is 11.9. The fraction of sp³-hybridized carbons (Fsp3) is 0.222. The number of anilines is 1. The van der Waals surface area contributed by atoms with E-state index in [2.05, 4.69) is 38.0 Å². The molecule has 17 heavy (non-hydrogen) atoms. The third-order valence-electron chi connectivity index (χ3n) is 2.05. The van der Waals surface area contributed by atoms with Gasteiger partial charge in [-0.3, -0.25) is 0 Å². The summed E-state index contributed by atoms with van der Waals surface area (Å²) in [6.07, 6.45) is 2.50. The Bertz CT molecular complexity index is 568. The van der Waals surface area contributed by atoms with E-state index < -0.39 is 6.09 Å². The minimum Gasteiger partial charge on any atom is -0.449 e. The first-order valence-corrected chi connectivity index (χ1v) is 5.92. The fourth-order valence-electron chi connectivity index (χ4n) is 1.39. The first-order valence-electron chi connectivity index (χ1n) is 4.84. The number of nitrogens with one attached hydrogen (secondary N) is 1. The number of nitrogen functional groups attached to an aromatic ring is 1. The van der Waals surface area contributed by atoms with Crippen molar-refractivity contribution < 1.29 is 9.53 Å². The van der Waals surface area contributed by atoms with Crippen LogP contribution < -0.4 is 11.2 Å². The van der Waals surface area contributed by atoms with Crippen LogP contribution in [0.25, 0.3) is 11.0 Å². The Kier molecular flexibility index (Phi) is 3.31. The minimum absolute atomic E-state index is 0.305. The van der Waals surface area contributed by atoms with Crippen LogP contribution in [0.3, 0.4) is 0 Å². The van der Waals surface area contributed by atoms with Crippen molar-refractivity contribution in [1.82, 2.24) is 14.6 Å². The lowest BCUT2D eigenvalue weighted by atomic mass is 10.4. The van der Waals surface area contributed by atoms with Crippen LogP contribution in [0.1, 0.15) is 6.92 Å². The summed E-state index contributed by atoms with van der Waals surface area (Å²) in [4.78, 5) is 19.3. The molecule has 0 spiro atoms. The van der Waals surface area contributed by atoms with E-state index >= 15 is 0 Å². The lowest BCUT2D eigenvalue weighted by molar-refractivity contribution is 0.164. The molecule has 0 aliphatic heterocycles. The third-order valence-corrected chi connectivity index (χ3v) is 2.87. The SMILES string of the molecule is CCOC(=O)Nn1cc(I)c2c(N)ncnc21. The van der Waals surface area contributed by atoms with E-state index in [1.165, 1.54) is 11.0 Å². The molecule has 0 saturated carbocycles. The summed E-state index contributed by atoms with van der Waals surface area (Å²) in [5.41, 5.74) is 8.82. The fourth-order valence-corrected chi connectivity index (χ4v) is 2.18. The molecule has 0 fully saturated rings. The zero-order chi connectivity index (χ0) is 12.4. The van der Waals surface area contributed by atoms with Gasteiger partial charge in [0, 0.05) is 9.77 Å². The molecule has 0 bridgehead atoms. The molecule has 2 rings (SSSR count). The van der Waals surface area contributed by atoms with Gasteiger partial charge in [-0.1, -0.05) is 0 Å². The molecule has 0 aromatic carbocycles. The number of rotatable bonds is 2. The Balaban J connectivity index is 2.42. The summed E-state index contributed by atoms with van der Waals surface area (Å²) in [6, 6.07) is 0. The number of carbonyl (C=O) groups excluding carboxylic acids is 1. The van der Waals surface area contributed by atoms with Gasteiger partial charge in [-0.2, -0.15) is 0 Å². The molecule has 0 aliphatic carbocycles. The summed E-state index contributed by atoms with van der Waals surface area (Å²) in [5, 5.41) is 0.713. The number of hydrogen-bond acceptors (Lipinski definition) is 5. The monoisotopic (exact) mass is 347 g/mol. The lowest BCUT2D eigenvalue weighted by Gasteiger charge is -2.06. The van der Waals surface area contributed by atoms with E-state index in [1.54, 1.807) is 13.1 Å². The minimum atomic E-state index is -0.544. The number of halogens is 1. The highest BCUT2D eigenvalue weighted by Crippen LogP contribution is 2.24. The van der Waals surface area contributed by atoms with Crippen molar-refractivity contribution in [3.8, 4) is 0 Å². The Morgan fingerprint density at radius 1 is 1.65 bits per heavy atom. The number of ether oxygens (including phenoxy) is 1. The van der Waals surface area contributed by atoms with E-state index in [-0.39, 0.29) is 0 Å². The maximum absolute atomic E-state index is 11.3. The molecule has 0 aliphatic rings. The van der Waals surface area contributed by atoms with Crippen LogP contribution in [0.2, 0.25) is 0 Å². The van der Waals surface area contributed by atoms with Crippen LogP contribution in [0.4, 0.5) is 10.6 Å². The molecular weight excluding hydrogens is 337 g/mol. The summed E-state index contributed by atoms with van der Waals surface area (Å²) in [6.45, 7) is 2.04. The van der Waals surface area contributed by atoms with Crippen LogP contribution in [-0.2, 0) is 4.74 Å². The quantitative estimate of drug-likeness (QED) is 0.799. The van der Waals surface area contributed by atoms with E-state index in [9.17, 15) is 4.79 Å². The lowest BCUT2D eigenvalue weighted by Crippen LogP contribution is -2.23. The number of amides is 1. The van der Waals surface area contributed by atoms with Crippen molar-refractivity contribution in [1.29, 1.82) is 0 Å². The Morgan fingerprint density at radius 2 is 2.41 bits per heavy atom. The highest BCUT2D eigenvalue weighted by molar-refractivity contribution is 14.1. The average molecular weight is 347 g/mol. The zero-order valence-electron chi connectivity index (χ0n) is 8.98. The van der Waals surface area contributed by atoms with Crippen LogP contribution in [0.15, 0.2) is 12.5 Å². The van der Waals surface area contributed by atoms with Crippen LogP contribution in [-0.4, -0.2) is 27.3 Å². The van der Waals surface area contributed by atoms with E-state index in [1.807, 2.05) is 0 Å². The van der Waals surface area contributed by atoms with Crippen molar-refractivity contribution in [2.75, 3.05) is 17.8 Å². The molecule has 8 heteroatoms. The van der Waals surface area contributed by atoms with Crippen molar-refractivity contribution in [2.45, 2.75) is 6.92 Å². The van der Waals surface area contributed by atoms with Gasteiger partial charge >= 0.3 is 6.09 Å². The molecule has 90 valence electrons. The Labute approximate surface area is 110 Å². The number of hydrogen-bond donors (Lipinski definition) is 2. The second-order valence-electron chi connectivity index (χ2n) is 3.14. The van der Waals surface area contributed by atoms with Gasteiger partial charge in [-0.15, -0.1) is 0 Å². The standard InChI is InChI=1S/C9H10IN5O2/c1-2-17-9(16)14-15-3-5(10)6-7(11)12-4-13-8(6)15/h3-4H,2H2,1H3,(H,14,16)(H2,11,12,13). The van der Waals surface area contributed by atoms with E-state index in [4.69, 9.17) is 10.5 Å². The van der Waals surface area contributed by atoms with Crippen molar-refractivity contribution >= 4 is 45.5 Å². The number of carbonyl (C=O) groups is 1. The van der Waals surface area contributed by atoms with Crippen LogP contribution in [0.5, 0.6) is 0 Å². The first-order chi connectivity index (χ1) is 8.13. The maximum Gasteiger partial charge on any atom is 0.426 e. The van der Waals surface area contributed by atoms with Gasteiger partial charge in [-0.25, -0.2) is 24.9 Å². The average Bonchev–Trinajstić information content (AvgIpc) is 2.57. The maximum atomic E-state index is 11.3. The molecule has 0 atom stereocenters. The van der Waals surface area contributed by atoms with Gasteiger partial charge in [0.1, 0.15) is 12.1 Å². The molecule has 2 aromatic heterocycles. The Morgan fingerprint density at radius 3 is 3.12 bits per heavy atom. The highest BCUT2D eigenvalue weighted by atomic mass is 127. The Hall–Kier alpha value is -1.58. The van der Waals surface area contributed by atoms with Gasteiger partial charge in [0.25, 0.3) is 0 Å². The van der Waals surface area contributed by atoms with Crippen molar-refractivity contribution in [2.24, 2.45) is 0 Å². The molecular formula is C9H10IN5O2. The highest BCUT2D eigenvalue weighted by Gasteiger charge is 2.13. The molecule has 3 N–H and O–H groups in total. The van der Waals surface area contributed by atoms with Gasteiger partial charge in [0.15, 0.2) is 5.65 Å². The predicted molar refractivity (Wildman–Crippen MR) is 71.0 cm³/mol. The van der Waals surface area contributed by atoms with Crippen molar-refractivity contribution in [3.63, 3.8) is 0 Å².